The Hall–Kier alpha value is -4.41. The summed E-state index contributed by atoms with van der Waals surface area (Å²) in [6.07, 6.45) is 7.52. The van der Waals surface area contributed by atoms with Crippen molar-refractivity contribution in [3.63, 3.8) is 0 Å². The maximum atomic E-state index is 12.5. The van der Waals surface area contributed by atoms with Crippen LogP contribution in [0.4, 0.5) is 0 Å². The van der Waals surface area contributed by atoms with Gasteiger partial charge < -0.3 is 14.3 Å². The first-order chi connectivity index (χ1) is 16.1. The summed E-state index contributed by atoms with van der Waals surface area (Å²) in [6, 6.07) is 7.91. The zero-order valence-corrected chi connectivity index (χ0v) is 18.1. The van der Waals surface area contributed by atoms with Crippen molar-refractivity contribution in [3.05, 3.63) is 72.3 Å². The summed E-state index contributed by atoms with van der Waals surface area (Å²) in [4.78, 5) is 29.5. The topological polar surface area (TPSA) is 132 Å². The molecule has 1 N–H and O–H groups in total. The predicted molar refractivity (Wildman–Crippen MR) is 118 cm³/mol. The Labute approximate surface area is 188 Å². The molecule has 0 saturated carbocycles. The Morgan fingerprint density at radius 3 is 2.88 bits per heavy atom. The fraction of sp³-hybridized carbons (Fsp3) is 0.227. The molecule has 5 aromatic rings. The number of carbonyl (C=O) groups is 1. The first-order valence-electron chi connectivity index (χ1n) is 10.4. The van der Waals surface area contributed by atoms with Gasteiger partial charge in [0.25, 0.3) is 5.89 Å². The highest BCUT2D eigenvalue weighted by molar-refractivity contribution is 5.89. The highest BCUT2D eigenvalue weighted by Gasteiger charge is 2.27. The van der Waals surface area contributed by atoms with Crippen LogP contribution in [-0.4, -0.2) is 57.3 Å². The number of aromatic amines is 1. The van der Waals surface area contributed by atoms with E-state index in [9.17, 15) is 4.79 Å². The molecular weight excluding hydrogens is 422 g/mol. The Morgan fingerprint density at radius 1 is 1.18 bits per heavy atom. The molecule has 0 unspecified atom stereocenters. The van der Waals surface area contributed by atoms with Gasteiger partial charge in [-0.05, 0) is 13.0 Å². The van der Waals surface area contributed by atoms with Crippen LogP contribution in [0.25, 0.3) is 22.4 Å². The number of nitrogens with one attached hydrogen (secondary N) is 1. The van der Waals surface area contributed by atoms with Gasteiger partial charge in [0, 0.05) is 37.8 Å². The summed E-state index contributed by atoms with van der Waals surface area (Å²) in [5.74, 6) is 0.0231. The van der Waals surface area contributed by atoms with Gasteiger partial charge in [-0.2, -0.15) is 5.10 Å². The largest absolute Gasteiger partial charge is 0.412 e. The molecule has 33 heavy (non-hydrogen) atoms. The van der Waals surface area contributed by atoms with Crippen LogP contribution in [-0.2, 0) is 20.0 Å². The molecule has 0 fully saturated rings. The summed E-state index contributed by atoms with van der Waals surface area (Å²) in [5.41, 5.74) is 4.46. The molecule has 0 radical (unpaired) electrons. The van der Waals surface area contributed by atoms with Crippen LogP contribution >= 0.6 is 0 Å². The standard InChI is InChI=1S/C14H15N7O2.C8H6N2/c1-8-9(5-20(2)19-8)12-17-18-13(23-12)14(22)21-4-3-10-11(6-21)16-7-15-10;1-2-4-8-7(3-1)5-9-6-10-8/h5,7H,3-4,6H2,1-2H3,(H,15,16);1-6H. The van der Waals surface area contributed by atoms with E-state index in [4.69, 9.17) is 4.42 Å². The fourth-order valence-electron chi connectivity index (χ4n) is 3.67. The molecule has 1 amide bonds. The Bertz CT molecular complexity index is 1350. The van der Waals surface area contributed by atoms with E-state index in [1.54, 1.807) is 28.4 Å². The Balaban J connectivity index is 0.000000190. The molecule has 1 aliphatic heterocycles. The zero-order valence-electron chi connectivity index (χ0n) is 18.1. The molecule has 4 aromatic heterocycles. The van der Waals surface area contributed by atoms with Crippen molar-refractivity contribution in [2.45, 2.75) is 19.9 Å². The smallest absolute Gasteiger partial charge is 0.311 e. The van der Waals surface area contributed by atoms with Gasteiger partial charge in [-0.25, -0.2) is 15.0 Å². The van der Waals surface area contributed by atoms with Gasteiger partial charge in [-0.15, -0.1) is 10.2 Å². The van der Waals surface area contributed by atoms with Crippen LogP contribution in [0.5, 0.6) is 0 Å². The number of hydrogen-bond acceptors (Lipinski definition) is 8. The van der Waals surface area contributed by atoms with Crippen molar-refractivity contribution in [1.29, 1.82) is 0 Å². The number of amides is 1. The van der Waals surface area contributed by atoms with Crippen LogP contribution in [0.1, 0.15) is 27.8 Å². The van der Waals surface area contributed by atoms with Gasteiger partial charge in [-0.1, -0.05) is 18.2 Å². The number of rotatable bonds is 2. The van der Waals surface area contributed by atoms with E-state index in [-0.39, 0.29) is 11.8 Å². The van der Waals surface area contributed by atoms with E-state index in [1.807, 2.05) is 44.4 Å². The number of aryl methyl sites for hydroxylation is 2. The van der Waals surface area contributed by atoms with Crippen LogP contribution in [0.3, 0.4) is 0 Å². The lowest BCUT2D eigenvalue weighted by atomic mass is 10.1. The lowest BCUT2D eigenvalue weighted by Crippen LogP contribution is -2.36. The van der Waals surface area contributed by atoms with Gasteiger partial charge in [0.05, 0.1) is 41.0 Å². The molecule has 0 aliphatic carbocycles. The van der Waals surface area contributed by atoms with Crippen LogP contribution in [0.2, 0.25) is 0 Å². The number of H-pyrrole nitrogens is 1. The molecule has 1 aliphatic rings. The minimum absolute atomic E-state index is 0.00813. The molecule has 0 bridgehead atoms. The minimum atomic E-state index is -0.273. The highest BCUT2D eigenvalue weighted by Crippen LogP contribution is 2.22. The molecule has 0 spiro atoms. The maximum Gasteiger partial charge on any atom is 0.311 e. The Kier molecular flexibility index (Phi) is 5.35. The van der Waals surface area contributed by atoms with Gasteiger partial charge >= 0.3 is 11.8 Å². The third-order valence-corrected chi connectivity index (χ3v) is 5.33. The molecule has 166 valence electrons. The third kappa shape index (κ3) is 4.20. The summed E-state index contributed by atoms with van der Waals surface area (Å²) in [7, 11) is 1.81. The second-order valence-electron chi connectivity index (χ2n) is 7.60. The summed E-state index contributed by atoms with van der Waals surface area (Å²) >= 11 is 0. The average Bonchev–Trinajstić information content (AvgIpc) is 3.58. The summed E-state index contributed by atoms with van der Waals surface area (Å²) < 4.78 is 7.22. The van der Waals surface area contributed by atoms with Gasteiger partial charge in [0.1, 0.15) is 6.33 Å². The lowest BCUT2D eigenvalue weighted by molar-refractivity contribution is 0.0692. The van der Waals surface area contributed by atoms with E-state index in [0.29, 0.717) is 25.4 Å². The van der Waals surface area contributed by atoms with E-state index in [0.717, 1.165) is 33.5 Å². The molecule has 0 saturated heterocycles. The van der Waals surface area contributed by atoms with E-state index in [1.165, 1.54) is 0 Å². The van der Waals surface area contributed by atoms with Crippen LogP contribution in [0.15, 0.2) is 53.7 Å². The zero-order chi connectivity index (χ0) is 22.8. The molecule has 6 rings (SSSR count). The van der Waals surface area contributed by atoms with Gasteiger partial charge in [0.2, 0.25) is 0 Å². The van der Waals surface area contributed by atoms with E-state index < -0.39 is 0 Å². The SMILES string of the molecule is Cc1nn(C)cc1-c1nnc(C(=O)N2CCc3nc[nH]c3C2)o1.c1ccc2ncncc2c1. The number of fused-ring (bicyclic) bond motifs is 2. The van der Waals surface area contributed by atoms with Crippen molar-refractivity contribution < 1.29 is 9.21 Å². The number of para-hydroxylation sites is 1. The first-order valence-corrected chi connectivity index (χ1v) is 10.4. The molecule has 11 nitrogen and oxygen atoms in total. The van der Waals surface area contributed by atoms with Crippen molar-refractivity contribution in [1.82, 2.24) is 44.8 Å². The molecule has 5 heterocycles. The van der Waals surface area contributed by atoms with E-state index >= 15 is 0 Å². The number of hydrogen-bond donors (Lipinski definition) is 1. The second kappa shape index (κ2) is 8.61. The number of benzene rings is 1. The second-order valence-corrected chi connectivity index (χ2v) is 7.60. The Morgan fingerprint density at radius 2 is 2.06 bits per heavy atom. The molecule has 0 atom stereocenters. The molecule has 1 aromatic carbocycles. The molecular formula is C22H21N9O2. The normalized spacial score (nSPS) is 12.8. The predicted octanol–water partition coefficient (Wildman–Crippen LogP) is 2.33. The molecule has 11 heteroatoms. The number of nitrogens with zero attached hydrogens (tertiary/aromatic N) is 8. The highest BCUT2D eigenvalue weighted by atomic mass is 16.4. The average molecular weight is 443 g/mol. The van der Waals surface area contributed by atoms with Crippen molar-refractivity contribution in [3.8, 4) is 11.5 Å². The summed E-state index contributed by atoms with van der Waals surface area (Å²) in [6.45, 7) is 2.91. The maximum absolute atomic E-state index is 12.5. The van der Waals surface area contributed by atoms with Crippen molar-refractivity contribution in [2.75, 3.05) is 6.54 Å². The lowest BCUT2D eigenvalue weighted by Gasteiger charge is -2.24. The third-order valence-electron chi connectivity index (χ3n) is 5.33. The van der Waals surface area contributed by atoms with Crippen LogP contribution < -0.4 is 0 Å². The van der Waals surface area contributed by atoms with Gasteiger partial charge in [0.15, 0.2) is 0 Å². The quantitative estimate of drug-likeness (QED) is 0.440. The number of aromatic nitrogens is 8. The van der Waals surface area contributed by atoms with E-state index in [2.05, 4.69) is 35.2 Å². The van der Waals surface area contributed by atoms with Crippen molar-refractivity contribution in [2.24, 2.45) is 7.05 Å². The first kappa shape index (κ1) is 20.5. The fourth-order valence-corrected chi connectivity index (χ4v) is 3.67. The minimum Gasteiger partial charge on any atom is -0.412 e. The van der Waals surface area contributed by atoms with Crippen LogP contribution in [0, 0.1) is 6.92 Å². The monoisotopic (exact) mass is 443 g/mol. The van der Waals surface area contributed by atoms with Crippen molar-refractivity contribution >= 4 is 16.8 Å². The van der Waals surface area contributed by atoms with Gasteiger partial charge in [-0.3, -0.25) is 9.48 Å². The number of imidazole rings is 1. The summed E-state index contributed by atoms with van der Waals surface area (Å²) in [5, 5.41) is 13.2. The number of carbonyl (C=O) groups excluding carboxylic acids is 1.